The van der Waals surface area contributed by atoms with Crippen molar-refractivity contribution < 1.29 is 43.5 Å². The van der Waals surface area contributed by atoms with Crippen LogP contribution in [0, 0.1) is 0 Å². The molecule has 11 heteroatoms. The first-order chi connectivity index (χ1) is 15.8. The summed E-state index contributed by atoms with van der Waals surface area (Å²) in [6, 6.07) is 4.69. The van der Waals surface area contributed by atoms with Gasteiger partial charge in [0, 0.05) is 24.3 Å². The number of hydrogen-bond acceptors (Lipinski definition) is 11. The van der Waals surface area contributed by atoms with Crippen molar-refractivity contribution in [3.63, 3.8) is 0 Å². The highest BCUT2D eigenvalue weighted by molar-refractivity contribution is 5.59. The van der Waals surface area contributed by atoms with E-state index < -0.39 is 53.0 Å². The fraction of sp³-hybridized carbons (Fsp3) is 0.273. The van der Waals surface area contributed by atoms with Gasteiger partial charge in [0.05, 0.1) is 26.9 Å². The molecular formula is C22H22O11. The van der Waals surface area contributed by atoms with Crippen LogP contribution in [0.4, 0.5) is 0 Å². The fourth-order valence-electron chi connectivity index (χ4n) is 3.36. The molecule has 3 aromatic rings. The van der Waals surface area contributed by atoms with Crippen molar-refractivity contribution in [2.45, 2.75) is 19.1 Å². The van der Waals surface area contributed by atoms with Crippen molar-refractivity contribution in [3.8, 4) is 28.7 Å². The highest BCUT2D eigenvalue weighted by Gasteiger charge is 2.36. The van der Waals surface area contributed by atoms with E-state index in [-0.39, 0.29) is 28.6 Å². The van der Waals surface area contributed by atoms with Gasteiger partial charge in [0.25, 0.3) is 0 Å². The van der Waals surface area contributed by atoms with Crippen molar-refractivity contribution in [1.82, 2.24) is 0 Å². The Morgan fingerprint density at radius 1 is 0.758 bits per heavy atom. The molecule has 11 nitrogen and oxygen atoms in total. The smallest absolute Gasteiger partial charge is 0.227 e. The molecular weight excluding hydrogens is 440 g/mol. The minimum Gasteiger partial charge on any atom is -0.502 e. The van der Waals surface area contributed by atoms with Crippen LogP contribution in [0.2, 0.25) is 0 Å². The minimum absolute atomic E-state index is 0.0860. The Kier molecular flexibility index (Phi) is 6.95. The van der Waals surface area contributed by atoms with Crippen LogP contribution in [0.5, 0.6) is 28.7 Å². The van der Waals surface area contributed by atoms with Gasteiger partial charge in [-0.25, -0.2) is 0 Å². The zero-order chi connectivity index (χ0) is 24.3. The average Bonchev–Trinajstić information content (AvgIpc) is 2.83. The molecule has 0 spiro atoms. The Labute approximate surface area is 186 Å². The predicted octanol–water partition coefficient (Wildman–Crippen LogP) is 1.19. The van der Waals surface area contributed by atoms with Crippen LogP contribution < -0.4 is 25.1 Å². The number of methoxy groups -OCH3 is 3. The zero-order valence-corrected chi connectivity index (χ0v) is 17.9. The molecule has 1 aromatic carbocycles. The number of aliphatic hydroxyl groups excluding tert-OH is 2. The number of hydrogen-bond donors (Lipinski definition) is 4. The third-order valence-electron chi connectivity index (χ3n) is 4.88. The van der Waals surface area contributed by atoms with Gasteiger partial charge in [0.1, 0.15) is 47.9 Å². The van der Waals surface area contributed by atoms with Gasteiger partial charge in [-0.3, -0.25) is 9.59 Å². The van der Waals surface area contributed by atoms with Crippen molar-refractivity contribution in [2.75, 3.05) is 21.3 Å². The molecule has 33 heavy (non-hydrogen) atoms. The second-order valence-corrected chi connectivity index (χ2v) is 6.77. The van der Waals surface area contributed by atoms with E-state index in [1.54, 1.807) is 0 Å². The molecule has 0 amide bonds. The number of ether oxygens (including phenoxy) is 3. The quantitative estimate of drug-likeness (QED) is 0.379. The molecule has 0 saturated carbocycles. The Bertz CT molecular complexity index is 1180. The van der Waals surface area contributed by atoms with Gasteiger partial charge < -0.3 is 43.5 Å². The first kappa shape index (κ1) is 23.7. The van der Waals surface area contributed by atoms with E-state index in [0.29, 0.717) is 5.75 Å². The molecule has 0 aliphatic heterocycles. The van der Waals surface area contributed by atoms with E-state index in [4.69, 9.17) is 23.0 Å². The molecule has 0 unspecified atom stereocenters. The molecule has 0 aliphatic rings. The lowest BCUT2D eigenvalue weighted by molar-refractivity contribution is 0.224. The third kappa shape index (κ3) is 4.36. The van der Waals surface area contributed by atoms with Crippen molar-refractivity contribution in [1.29, 1.82) is 0 Å². The van der Waals surface area contributed by atoms with Crippen LogP contribution in [-0.2, 0) is 13.2 Å². The molecule has 2 aromatic heterocycles. The second-order valence-electron chi connectivity index (χ2n) is 6.77. The summed E-state index contributed by atoms with van der Waals surface area (Å²) in [5, 5.41) is 40.2. The summed E-state index contributed by atoms with van der Waals surface area (Å²) in [5.41, 5.74) is -1.70. The number of benzene rings is 1. The molecule has 4 N–H and O–H groups in total. The van der Waals surface area contributed by atoms with E-state index in [1.807, 2.05) is 0 Å². The van der Waals surface area contributed by atoms with Crippen molar-refractivity contribution in [3.05, 3.63) is 73.3 Å². The van der Waals surface area contributed by atoms with Gasteiger partial charge in [-0.15, -0.1) is 0 Å². The van der Waals surface area contributed by atoms with Gasteiger partial charge in [-0.2, -0.15) is 0 Å². The lowest BCUT2D eigenvalue weighted by Crippen LogP contribution is -2.15. The lowest BCUT2D eigenvalue weighted by Gasteiger charge is -2.23. The first-order valence-corrected chi connectivity index (χ1v) is 9.52. The van der Waals surface area contributed by atoms with Gasteiger partial charge in [-0.05, 0) is 0 Å². The van der Waals surface area contributed by atoms with E-state index >= 15 is 0 Å². The van der Waals surface area contributed by atoms with Gasteiger partial charge in [0.15, 0.2) is 11.5 Å². The predicted molar refractivity (Wildman–Crippen MR) is 112 cm³/mol. The summed E-state index contributed by atoms with van der Waals surface area (Å²) < 4.78 is 27.2. The second kappa shape index (κ2) is 9.67. The molecule has 0 atom stereocenters. The zero-order valence-electron chi connectivity index (χ0n) is 17.9. The largest absolute Gasteiger partial charge is 0.502 e. The SMILES string of the molecule is COc1cc(OC)c(C(c2oc(CO)cc(=O)c2O)c2oc(CO)cc(=O)c2O)c(OC)c1. The molecule has 0 aliphatic carbocycles. The number of aliphatic hydroxyl groups is 2. The third-order valence-corrected chi connectivity index (χ3v) is 4.88. The topological polar surface area (TPSA) is 169 Å². The summed E-state index contributed by atoms with van der Waals surface area (Å²) in [7, 11) is 4.07. The highest BCUT2D eigenvalue weighted by atomic mass is 16.5. The molecule has 176 valence electrons. The Morgan fingerprint density at radius 2 is 1.18 bits per heavy atom. The summed E-state index contributed by atoms with van der Waals surface area (Å²) in [4.78, 5) is 24.7. The molecule has 3 rings (SSSR count). The standard InChI is InChI=1S/C22H22O11/c1-29-10-6-15(30-2)17(16(7-10)31-3)18(21-19(27)13(25)4-11(8-23)32-21)22-20(28)14(26)5-12(9-24)33-22/h4-7,18,23-24,27-28H,8-9H2,1-3H3. The maximum Gasteiger partial charge on any atom is 0.227 e. The van der Waals surface area contributed by atoms with E-state index in [9.17, 15) is 30.0 Å². The monoisotopic (exact) mass is 462 g/mol. The molecule has 0 bridgehead atoms. The maximum absolute atomic E-state index is 12.4. The highest BCUT2D eigenvalue weighted by Crippen LogP contribution is 2.48. The van der Waals surface area contributed by atoms with Crippen LogP contribution in [0.1, 0.15) is 34.5 Å². The molecule has 0 radical (unpaired) electrons. The van der Waals surface area contributed by atoms with Crippen LogP contribution in [0.15, 0.2) is 42.7 Å². The Morgan fingerprint density at radius 3 is 1.52 bits per heavy atom. The van der Waals surface area contributed by atoms with Gasteiger partial charge >= 0.3 is 0 Å². The average molecular weight is 462 g/mol. The van der Waals surface area contributed by atoms with E-state index in [0.717, 1.165) is 12.1 Å². The first-order valence-electron chi connectivity index (χ1n) is 9.52. The lowest BCUT2D eigenvalue weighted by atomic mass is 9.90. The normalized spacial score (nSPS) is 11.0. The number of rotatable bonds is 8. The summed E-state index contributed by atoms with van der Waals surface area (Å²) >= 11 is 0. The van der Waals surface area contributed by atoms with Crippen LogP contribution in [0.3, 0.4) is 0 Å². The minimum atomic E-state index is -1.49. The summed E-state index contributed by atoms with van der Waals surface area (Å²) in [5.74, 6) is -4.04. The van der Waals surface area contributed by atoms with E-state index in [2.05, 4.69) is 0 Å². The molecule has 2 heterocycles. The Balaban J connectivity index is 2.52. The maximum atomic E-state index is 12.4. The summed E-state index contributed by atoms with van der Waals surface area (Å²) in [6.07, 6.45) is 0. The van der Waals surface area contributed by atoms with Crippen LogP contribution in [0.25, 0.3) is 0 Å². The number of aromatic hydroxyl groups is 2. The Hall–Kier alpha value is -3.96. The van der Waals surface area contributed by atoms with Crippen molar-refractivity contribution in [2.24, 2.45) is 0 Å². The molecule has 0 fully saturated rings. The van der Waals surface area contributed by atoms with Gasteiger partial charge in [0.2, 0.25) is 22.4 Å². The van der Waals surface area contributed by atoms with Crippen LogP contribution in [-0.4, -0.2) is 41.8 Å². The van der Waals surface area contributed by atoms with E-state index in [1.165, 1.54) is 33.5 Å². The molecule has 0 saturated heterocycles. The fourth-order valence-corrected chi connectivity index (χ4v) is 3.36. The summed E-state index contributed by atoms with van der Waals surface area (Å²) in [6.45, 7) is -1.36. The van der Waals surface area contributed by atoms with Gasteiger partial charge in [-0.1, -0.05) is 0 Å². The van der Waals surface area contributed by atoms with Crippen molar-refractivity contribution >= 4 is 0 Å². The van der Waals surface area contributed by atoms with Crippen LogP contribution >= 0.6 is 0 Å².